The molecule has 306 valence electrons. The van der Waals surface area contributed by atoms with Crippen LogP contribution in [0.15, 0.2) is 66.9 Å². The lowest BCUT2D eigenvalue weighted by atomic mass is 9.97. The molecule has 6 unspecified atom stereocenters. The lowest BCUT2D eigenvalue weighted by Crippen LogP contribution is -2.54. The van der Waals surface area contributed by atoms with Gasteiger partial charge in [0.05, 0.1) is 38.2 Å². The second-order valence-corrected chi connectivity index (χ2v) is 16.1. The van der Waals surface area contributed by atoms with E-state index in [1.165, 1.54) is 19.8 Å². The van der Waals surface area contributed by atoms with Crippen molar-refractivity contribution in [1.82, 2.24) is 35.7 Å². The Morgan fingerprint density at radius 3 is 2.12 bits per heavy atom. The van der Waals surface area contributed by atoms with E-state index < -0.39 is 30.5 Å². The van der Waals surface area contributed by atoms with Crippen molar-refractivity contribution in [3.05, 3.63) is 78.2 Å². The number of aliphatic hydroxyl groups is 1. The zero-order chi connectivity index (χ0) is 40.8. The number of nitrogens with zero attached hydrogens (tertiary/aromatic N) is 3. The highest BCUT2D eigenvalue weighted by Crippen LogP contribution is 2.35. The van der Waals surface area contributed by atoms with Crippen LogP contribution in [0.25, 0.3) is 33.2 Å². The Bertz CT molecular complexity index is 2000. The quantitative estimate of drug-likeness (QED) is 0.0932. The van der Waals surface area contributed by atoms with Gasteiger partial charge in [-0.2, -0.15) is 0 Å². The van der Waals surface area contributed by atoms with Gasteiger partial charge in [0.25, 0.3) is 0 Å². The van der Waals surface area contributed by atoms with Gasteiger partial charge in [0.1, 0.15) is 18.1 Å². The van der Waals surface area contributed by atoms with Crippen molar-refractivity contribution in [3.8, 4) is 22.4 Å². The van der Waals surface area contributed by atoms with Crippen LogP contribution in [-0.2, 0) is 14.3 Å². The molecule has 57 heavy (non-hydrogen) atoms. The Labute approximate surface area is 335 Å². The minimum atomic E-state index is -0.884. The maximum absolute atomic E-state index is 13.4. The van der Waals surface area contributed by atoms with E-state index in [0.717, 1.165) is 64.7 Å². The van der Waals surface area contributed by atoms with Crippen molar-refractivity contribution < 1.29 is 29.0 Å². The van der Waals surface area contributed by atoms with Crippen molar-refractivity contribution in [1.29, 1.82) is 0 Å². The summed E-state index contributed by atoms with van der Waals surface area (Å²) in [6, 6.07) is 20.5. The fourth-order valence-electron chi connectivity index (χ4n) is 8.24. The first-order chi connectivity index (χ1) is 27.4. The second-order valence-electron chi connectivity index (χ2n) is 16.1. The molecule has 2 aliphatic heterocycles. The molecule has 3 amide bonds. The van der Waals surface area contributed by atoms with Gasteiger partial charge in [-0.3, -0.25) is 9.69 Å². The van der Waals surface area contributed by atoms with Crippen LogP contribution in [0.1, 0.15) is 83.8 Å². The number of aromatic nitrogens is 2. The number of likely N-dealkylation sites (tertiary alicyclic amines) is 2. The number of methoxy groups -OCH3 is 2. The standard InChI is InChI=1S/C44H59N7O6/c1-26(2)38(48-43(54)56-6)41(52)50-20-8-10-35(50)24-45-28(5)29-12-14-30(15-13-29)31-16-17-33-23-34(19-18-32(33)22-31)36-25-46-40(47-36)37-11-9-21-51(37)42(53)39(27(3)4)49-44(55)57-7/h12-19,22-23,25-28,35,37-39,42,45,53H,8-11,20-21,24H2,1-7H3,(H,46,47)(H,48,54)(H,49,55). The van der Waals surface area contributed by atoms with Gasteiger partial charge >= 0.3 is 12.2 Å². The summed E-state index contributed by atoms with van der Waals surface area (Å²) in [7, 11) is 2.63. The van der Waals surface area contributed by atoms with Crippen LogP contribution in [0, 0.1) is 11.8 Å². The first-order valence-corrected chi connectivity index (χ1v) is 20.2. The molecule has 0 bridgehead atoms. The molecule has 6 rings (SSSR count). The Morgan fingerprint density at radius 2 is 1.46 bits per heavy atom. The zero-order valence-electron chi connectivity index (χ0n) is 34.2. The summed E-state index contributed by atoms with van der Waals surface area (Å²) in [6.45, 7) is 12.0. The first kappa shape index (κ1) is 41.6. The number of carbonyl (C=O) groups excluding carboxylic acids is 3. The molecular weight excluding hydrogens is 723 g/mol. The molecule has 2 aliphatic rings. The van der Waals surface area contributed by atoms with Gasteiger partial charge in [-0.25, -0.2) is 14.6 Å². The molecule has 0 aliphatic carbocycles. The molecule has 3 heterocycles. The molecule has 5 N–H and O–H groups in total. The maximum Gasteiger partial charge on any atom is 0.407 e. The third kappa shape index (κ3) is 9.60. The summed E-state index contributed by atoms with van der Waals surface area (Å²) in [5.74, 6) is 0.681. The maximum atomic E-state index is 13.4. The number of carbonyl (C=O) groups is 3. The Kier molecular flexibility index (Phi) is 13.5. The van der Waals surface area contributed by atoms with Crippen LogP contribution in [0.4, 0.5) is 9.59 Å². The number of benzene rings is 3. The average molecular weight is 782 g/mol. The number of ether oxygens (including phenoxy) is 2. The summed E-state index contributed by atoms with van der Waals surface area (Å²) in [4.78, 5) is 49.5. The van der Waals surface area contributed by atoms with Crippen LogP contribution < -0.4 is 16.0 Å². The number of nitrogens with one attached hydrogen (secondary N) is 4. The molecule has 0 spiro atoms. The molecule has 13 nitrogen and oxygen atoms in total. The van der Waals surface area contributed by atoms with E-state index in [1.807, 2.05) is 43.7 Å². The summed E-state index contributed by atoms with van der Waals surface area (Å²) in [5, 5.41) is 22.8. The van der Waals surface area contributed by atoms with Crippen molar-refractivity contribution in [2.75, 3.05) is 33.9 Å². The monoisotopic (exact) mass is 781 g/mol. The minimum Gasteiger partial charge on any atom is -0.453 e. The lowest BCUT2D eigenvalue weighted by molar-refractivity contribution is -0.135. The number of hydrogen-bond acceptors (Lipinski definition) is 9. The minimum absolute atomic E-state index is 0.000418. The number of aromatic amines is 1. The molecule has 0 saturated carbocycles. The van der Waals surface area contributed by atoms with Gasteiger partial charge in [0.2, 0.25) is 5.91 Å². The van der Waals surface area contributed by atoms with E-state index in [9.17, 15) is 19.5 Å². The predicted octanol–water partition coefficient (Wildman–Crippen LogP) is 6.76. The molecule has 0 radical (unpaired) electrons. The largest absolute Gasteiger partial charge is 0.453 e. The number of H-pyrrole nitrogens is 1. The molecule has 6 atom stereocenters. The molecule has 2 fully saturated rings. The summed E-state index contributed by atoms with van der Waals surface area (Å²) in [6.07, 6.45) is 3.44. The summed E-state index contributed by atoms with van der Waals surface area (Å²) < 4.78 is 9.57. The molecule has 1 aromatic heterocycles. The predicted molar refractivity (Wildman–Crippen MR) is 221 cm³/mol. The van der Waals surface area contributed by atoms with Crippen LogP contribution >= 0.6 is 0 Å². The molecule has 13 heteroatoms. The average Bonchev–Trinajstić information content (AvgIpc) is 4.01. The zero-order valence-corrected chi connectivity index (χ0v) is 34.2. The number of aliphatic hydroxyl groups excluding tert-OH is 1. The normalized spacial score (nSPS) is 19.4. The first-order valence-electron chi connectivity index (χ1n) is 20.2. The number of hydrogen-bond donors (Lipinski definition) is 5. The van der Waals surface area contributed by atoms with Gasteiger partial charge < -0.3 is 40.4 Å². The highest BCUT2D eigenvalue weighted by molar-refractivity contribution is 5.90. The molecular formula is C44H59N7O6. The number of rotatable bonds is 14. The molecule has 3 aromatic carbocycles. The Morgan fingerprint density at radius 1 is 0.825 bits per heavy atom. The van der Waals surface area contributed by atoms with Crippen molar-refractivity contribution in [3.63, 3.8) is 0 Å². The van der Waals surface area contributed by atoms with Gasteiger partial charge in [0.15, 0.2) is 0 Å². The van der Waals surface area contributed by atoms with E-state index in [0.29, 0.717) is 19.6 Å². The SMILES string of the molecule is COC(=O)NC(C(=O)N1CCCC1CNC(C)c1ccc(-c2ccc3cc(-c4cnc(C5CCCN5C(O)C(NC(=O)OC)C(C)C)[nH]4)ccc3c2)cc1)C(C)C. The molecule has 4 aromatic rings. The number of alkyl carbamates (subject to hydrolysis) is 2. The third-order valence-electron chi connectivity index (χ3n) is 11.7. The van der Waals surface area contributed by atoms with E-state index in [2.05, 4.69) is 88.5 Å². The topological polar surface area (TPSA) is 161 Å². The van der Waals surface area contributed by atoms with E-state index in [1.54, 1.807) is 0 Å². The Balaban J connectivity index is 1.08. The fourth-order valence-corrected chi connectivity index (χ4v) is 8.24. The highest BCUT2D eigenvalue weighted by atomic mass is 16.5. The number of imidazole rings is 1. The van der Waals surface area contributed by atoms with Crippen LogP contribution in [0.2, 0.25) is 0 Å². The van der Waals surface area contributed by atoms with Crippen LogP contribution in [0.5, 0.6) is 0 Å². The molecule has 2 saturated heterocycles. The third-order valence-corrected chi connectivity index (χ3v) is 11.7. The fraction of sp³-hybridized carbons (Fsp3) is 0.500. The van der Waals surface area contributed by atoms with E-state index in [-0.39, 0.29) is 35.9 Å². The van der Waals surface area contributed by atoms with Gasteiger partial charge in [-0.15, -0.1) is 0 Å². The van der Waals surface area contributed by atoms with E-state index >= 15 is 0 Å². The number of fused-ring (bicyclic) bond motifs is 1. The van der Waals surface area contributed by atoms with Gasteiger partial charge in [-0.05, 0) is 84.0 Å². The van der Waals surface area contributed by atoms with Gasteiger partial charge in [-0.1, -0.05) is 76.2 Å². The highest BCUT2D eigenvalue weighted by Gasteiger charge is 2.39. The van der Waals surface area contributed by atoms with Crippen molar-refractivity contribution >= 4 is 28.9 Å². The summed E-state index contributed by atoms with van der Waals surface area (Å²) in [5.41, 5.74) is 5.36. The van der Waals surface area contributed by atoms with Gasteiger partial charge in [0, 0.05) is 37.3 Å². The Hall–Kier alpha value is -4.98. The second kappa shape index (κ2) is 18.5. The number of amides is 3. The smallest absolute Gasteiger partial charge is 0.407 e. The van der Waals surface area contributed by atoms with Crippen LogP contribution in [-0.4, -0.2) is 101 Å². The van der Waals surface area contributed by atoms with Crippen LogP contribution in [0.3, 0.4) is 0 Å². The lowest BCUT2D eigenvalue weighted by Gasteiger charge is -2.35. The van der Waals surface area contributed by atoms with Crippen molar-refractivity contribution in [2.45, 2.75) is 96.7 Å². The van der Waals surface area contributed by atoms with Crippen molar-refractivity contribution in [2.24, 2.45) is 11.8 Å². The summed E-state index contributed by atoms with van der Waals surface area (Å²) >= 11 is 0. The van der Waals surface area contributed by atoms with E-state index in [4.69, 9.17) is 14.5 Å².